The van der Waals surface area contributed by atoms with Gasteiger partial charge in [0.25, 0.3) is 0 Å². The summed E-state index contributed by atoms with van der Waals surface area (Å²) in [6, 6.07) is 7.59. The van der Waals surface area contributed by atoms with E-state index in [0.29, 0.717) is 5.56 Å². The zero-order valence-electron chi connectivity index (χ0n) is 17.0. The van der Waals surface area contributed by atoms with Crippen molar-refractivity contribution in [3.63, 3.8) is 0 Å². The Morgan fingerprint density at radius 3 is 1.76 bits per heavy atom. The van der Waals surface area contributed by atoms with E-state index in [2.05, 4.69) is 4.74 Å². The average Bonchev–Trinajstić information content (AvgIpc) is 2.71. The van der Waals surface area contributed by atoms with Gasteiger partial charge >= 0.3 is 18.3 Å². The molecule has 0 saturated carbocycles. The molecule has 3 aromatic carbocycles. The Morgan fingerprint density at radius 2 is 1.32 bits per heavy atom. The summed E-state index contributed by atoms with van der Waals surface area (Å²) in [7, 11) is 0. The Bertz CT molecular complexity index is 1350. The van der Waals surface area contributed by atoms with Crippen LogP contribution in [-0.2, 0) is 6.42 Å². The minimum atomic E-state index is -4.90. The molecule has 0 atom stereocenters. The maximum absolute atomic E-state index is 12.4. The van der Waals surface area contributed by atoms with Crippen LogP contribution in [-0.4, -0.2) is 40.3 Å². The number of carboxylic acids is 2. The summed E-state index contributed by atoms with van der Waals surface area (Å²) in [5.74, 6) is -5.74. The number of amides is 2. The zero-order valence-corrected chi connectivity index (χ0v) is 17.0. The van der Waals surface area contributed by atoms with Crippen molar-refractivity contribution in [3.05, 3.63) is 75.8 Å². The molecule has 0 heterocycles. The van der Waals surface area contributed by atoms with Crippen molar-refractivity contribution in [2.75, 3.05) is 0 Å². The van der Waals surface area contributed by atoms with Gasteiger partial charge in [-0.1, -0.05) is 12.1 Å². The van der Waals surface area contributed by atoms with Crippen molar-refractivity contribution in [1.82, 2.24) is 0 Å². The Kier molecular flexibility index (Phi) is 6.17. The van der Waals surface area contributed by atoms with Gasteiger partial charge in [-0.15, -0.1) is 13.2 Å². The third-order valence-electron chi connectivity index (χ3n) is 4.89. The SMILES string of the molecule is NC(=O)c1cc(Cc2ccc(OC(F)(F)F)cc2)c(C(N)=O)c2c(C(=O)O)ccc(C(=O)O)c12. The molecule has 0 aliphatic heterocycles. The summed E-state index contributed by atoms with van der Waals surface area (Å²) < 4.78 is 41.0. The monoisotopic (exact) mass is 476 g/mol. The van der Waals surface area contributed by atoms with E-state index in [1.54, 1.807) is 0 Å². The Morgan fingerprint density at radius 1 is 0.794 bits per heavy atom. The van der Waals surface area contributed by atoms with Gasteiger partial charge in [-0.05, 0) is 47.9 Å². The molecule has 3 aromatic rings. The fraction of sp³-hybridized carbons (Fsp3) is 0.0909. The number of fused-ring (bicyclic) bond motifs is 1. The normalized spacial score (nSPS) is 11.3. The van der Waals surface area contributed by atoms with Crippen LogP contribution in [0.4, 0.5) is 13.2 Å². The second-order valence-corrected chi connectivity index (χ2v) is 7.08. The van der Waals surface area contributed by atoms with Crippen molar-refractivity contribution in [2.45, 2.75) is 12.8 Å². The highest BCUT2D eigenvalue weighted by Crippen LogP contribution is 2.34. The highest BCUT2D eigenvalue weighted by atomic mass is 19.4. The van der Waals surface area contributed by atoms with Gasteiger partial charge in [-0.2, -0.15) is 0 Å². The molecule has 3 rings (SSSR count). The fourth-order valence-corrected chi connectivity index (χ4v) is 3.62. The van der Waals surface area contributed by atoms with Crippen LogP contribution < -0.4 is 16.2 Å². The number of benzene rings is 3. The number of carboxylic acid groups (broad SMARTS) is 2. The quantitative estimate of drug-likeness (QED) is 0.406. The van der Waals surface area contributed by atoms with Crippen LogP contribution in [0.15, 0.2) is 42.5 Å². The lowest BCUT2D eigenvalue weighted by molar-refractivity contribution is -0.274. The first kappa shape index (κ1) is 24.0. The van der Waals surface area contributed by atoms with Gasteiger partial charge in [0.2, 0.25) is 11.8 Å². The zero-order chi connectivity index (χ0) is 25.4. The second kappa shape index (κ2) is 8.73. The second-order valence-electron chi connectivity index (χ2n) is 7.08. The number of ether oxygens (including phenoxy) is 1. The molecule has 0 aliphatic rings. The summed E-state index contributed by atoms with van der Waals surface area (Å²) >= 11 is 0. The van der Waals surface area contributed by atoms with E-state index in [-0.39, 0.29) is 33.9 Å². The number of nitrogens with two attached hydrogens (primary N) is 2. The van der Waals surface area contributed by atoms with Crippen LogP contribution in [0.5, 0.6) is 5.75 Å². The van der Waals surface area contributed by atoms with Gasteiger partial charge in [-0.25, -0.2) is 9.59 Å². The number of alkyl halides is 3. The van der Waals surface area contributed by atoms with Gasteiger partial charge in [0.05, 0.1) is 16.7 Å². The van der Waals surface area contributed by atoms with E-state index in [9.17, 15) is 42.6 Å². The number of rotatable bonds is 7. The van der Waals surface area contributed by atoms with Gasteiger partial charge in [-0.3, -0.25) is 9.59 Å². The van der Waals surface area contributed by atoms with Crippen molar-refractivity contribution in [3.8, 4) is 5.75 Å². The molecule has 0 aromatic heterocycles. The number of halogens is 3. The predicted octanol–water partition coefficient (Wildman–Crippen LogP) is 2.92. The molecule has 34 heavy (non-hydrogen) atoms. The van der Waals surface area contributed by atoms with Crippen molar-refractivity contribution in [2.24, 2.45) is 11.5 Å². The molecule has 0 bridgehead atoms. The third kappa shape index (κ3) is 4.75. The van der Waals surface area contributed by atoms with E-state index >= 15 is 0 Å². The first-order valence-electron chi connectivity index (χ1n) is 9.33. The maximum atomic E-state index is 12.4. The summed E-state index contributed by atoms with van der Waals surface area (Å²) in [5.41, 5.74) is 9.59. The summed E-state index contributed by atoms with van der Waals surface area (Å²) in [6.45, 7) is 0. The number of hydrogen-bond donors (Lipinski definition) is 4. The maximum Gasteiger partial charge on any atom is 0.573 e. The number of carbonyl (C=O) groups is 4. The smallest absolute Gasteiger partial charge is 0.478 e. The largest absolute Gasteiger partial charge is 0.573 e. The van der Waals surface area contributed by atoms with Gasteiger partial charge in [0.1, 0.15) is 5.75 Å². The topological polar surface area (TPSA) is 170 Å². The number of carbonyl (C=O) groups excluding carboxylic acids is 2. The number of primary amides is 2. The number of aromatic carboxylic acids is 2. The molecule has 0 unspecified atom stereocenters. The van der Waals surface area contributed by atoms with E-state index in [0.717, 1.165) is 30.3 Å². The molecule has 0 aliphatic carbocycles. The predicted molar refractivity (Wildman–Crippen MR) is 111 cm³/mol. The lowest BCUT2D eigenvalue weighted by atomic mass is 9.86. The highest BCUT2D eigenvalue weighted by molar-refractivity contribution is 6.23. The minimum Gasteiger partial charge on any atom is -0.478 e. The molecule has 0 spiro atoms. The Labute approximate surface area is 188 Å². The van der Waals surface area contributed by atoms with Crippen LogP contribution in [0.1, 0.15) is 52.6 Å². The molecular weight excluding hydrogens is 461 g/mol. The highest BCUT2D eigenvalue weighted by Gasteiger charge is 2.31. The van der Waals surface area contributed by atoms with E-state index < -0.39 is 47.0 Å². The van der Waals surface area contributed by atoms with Crippen molar-refractivity contribution in [1.29, 1.82) is 0 Å². The number of hydrogen-bond acceptors (Lipinski definition) is 5. The summed E-state index contributed by atoms with van der Waals surface area (Å²) in [6.07, 6.45) is -5.08. The first-order chi connectivity index (χ1) is 15.8. The van der Waals surface area contributed by atoms with Crippen LogP contribution in [0.2, 0.25) is 0 Å². The first-order valence-corrected chi connectivity index (χ1v) is 9.33. The molecule has 176 valence electrons. The molecule has 0 fully saturated rings. The van der Waals surface area contributed by atoms with Crippen LogP contribution in [0.3, 0.4) is 0 Å². The summed E-state index contributed by atoms with van der Waals surface area (Å²) in [5, 5.41) is 18.4. The van der Waals surface area contributed by atoms with Crippen LogP contribution >= 0.6 is 0 Å². The Hall–Kier alpha value is -4.61. The van der Waals surface area contributed by atoms with E-state index in [1.807, 2.05) is 0 Å². The molecule has 0 radical (unpaired) electrons. The van der Waals surface area contributed by atoms with E-state index in [1.165, 1.54) is 12.1 Å². The molecule has 6 N–H and O–H groups in total. The summed E-state index contributed by atoms with van der Waals surface area (Å²) in [4.78, 5) is 48.2. The Balaban J connectivity index is 2.31. The van der Waals surface area contributed by atoms with Crippen molar-refractivity contribution >= 4 is 34.5 Å². The lowest BCUT2D eigenvalue weighted by Gasteiger charge is -2.17. The van der Waals surface area contributed by atoms with Gasteiger partial charge in [0.15, 0.2) is 0 Å². The third-order valence-corrected chi connectivity index (χ3v) is 4.89. The standard InChI is InChI=1S/C22H15F3N2O7/c23-22(24,25)34-11-3-1-9(2-4-11)7-10-8-14(18(26)28)16-12(20(30)31)5-6-13(21(32)33)17(16)15(10)19(27)29/h1-6,8H,7H2,(H2,26,28)(H2,27,29)(H,30,31)(H,32,33). The molecule has 2 amide bonds. The van der Waals surface area contributed by atoms with Gasteiger partial charge < -0.3 is 26.4 Å². The molecular formula is C22H15F3N2O7. The van der Waals surface area contributed by atoms with Crippen LogP contribution in [0.25, 0.3) is 10.8 Å². The average molecular weight is 476 g/mol. The minimum absolute atomic E-state index is 0.0170. The molecule has 9 nitrogen and oxygen atoms in total. The van der Waals surface area contributed by atoms with E-state index in [4.69, 9.17) is 11.5 Å². The molecule has 0 saturated heterocycles. The lowest BCUT2D eigenvalue weighted by Crippen LogP contribution is -2.21. The fourth-order valence-electron chi connectivity index (χ4n) is 3.62. The van der Waals surface area contributed by atoms with Crippen molar-refractivity contribution < 1.29 is 47.3 Å². The molecule has 12 heteroatoms. The van der Waals surface area contributed by atoms with Gasteiger partial charge in [0, 0.05) is 16.3 Å². The van der Waals surface area contributed by atoms with Crippen LogP contribution in [0, 0.1) is 0 Å².